The van der Waals surface area contributed by atoms with Gasteiger partial charge in [-0.25, -0.2) is 4.79 Å². The van der Waals surface area contributed by atoms with Crippen molar-refractivity contribution < 1.29 is 44.3 Å². The molecule has 0 spiro atoms. The van der Waals surface area contributed by atoms with E-state index in [1.54, 1.807) is 13.0 Å². The number of rotatable bonds is 13. The number of aromatic hydroxyl groups is 1. The van der Waals surface area contributed by atoms with Crippen molar-refractivity contribution in [3.8, 4) is 11.5 Å². The van der Waals surface area contributed by atoms with Gasteiger partial charge >= 0.3 is 17.9 Å². The Bertz CT molecular complexity index is 1460. The number of nitrogens with zero attached hydrogens (tertiary/aromatic N) is 3. The van der Waals surface area contributed by atoms with Crippen LogP contribution in [-0.4, -0.2) is 71.8 Å². The number of hydrogen-bond donors (Lipinski definition) is 9. The van der Waals surface area contributed by atoms with E-state index in [-0.39, 0.29) is 47.9 Å². The Morgan fingerprint density at radius 2 is 1.51 bits per heavy atom. The molecule has 0 radical (unpaired) electrons. The largest absolute Gasteiger partial charge is 0.506 e. The number of carboxylic acid groups (broad SMARTS) is 3. The molecule has 0 aliphatic rings. The molecule has 2 aromatic carbocycles. The number of anilines is 6. The highest BCUT2D eigenvalue weighted by molar-refractivity contribution is 5.83. The van der Waals surface area contributed by atoms with Crippen LogP contribution in [0.1, 0.15) is 30.9 Å². The Balaban J connectivity index is 0.000000543. The number of phenols is 1. The fraction of sp³-hybridized carbons (Fsp3) is 0.269. The number of benzene rings is 2. The van der Waals surface area contributed by atoms with Crippen molar-refractivity contribution in [3.63, 3.8) is 0 Å². The van der Waals surface area contributed by atoms with Crippen molar-refractivity contribution in [2.75, 3.05) is 27.4 Å². The quantitative estimate of drug-likeness (QED) is 0.0769. The second-order valence-corrected chi connectivity index (χ2v) is 9.19. The minimum absolute atomic E-state index is 0.0585. The van der Waals surface area contributed by atoms with Crippen molar-refractivity contribution >= 4 is 59.3 Å². The lowest BCUT2D eigenvalue weighted by Crippen LogP contribution is -2.33. The summed E-state index contributed by atoms with van der Waals surface area (Å²) in [7, 11) is 0. The molecule has 0 amide bonds. The van der Waals surface area contributed by atoms with Crippen LogP contribution >= 0.6 is 0 Å². The van der Waals surface area contributed by atoms with E-state index >= 15 is 0 Å². The molecule has 17 nitrogen and oxygen atoms in total. The lowest BCUT2D eigenvalue weighted by atomic mass is 10.1. The molecule has 3 aromatic rings. The summed E-state index contributed by atoms with van der Waals surface area (Å²) >= 11 is 0. The average Bonchev–Trinajstić information content (AvgIpc) is 2.88. The molecule has 0 aliphatic heterocycles. The summed E-state index contributed by atoms with van der Waals surface area (Å²) in [6.07, 6.45) is -1.02. The standard InChI is InChI=1S/C18H21N7O8.C8H11NO/c1-8(4-13(27)28)20-16-23-17(21-9-2-3-10(19)12(5-9)33-7-26)25-18(24-16)22-11(15(31)32)6-14(29)30;1-5-3-6(2)8(10)7(9)4-5/h2-3,5,7-8,11H,4,6,19H2,1H3,(H,27,28)(H,29,30)(H,31,32)(H3,20,21,22,23,24,25);3-4,10H,9H2,1-2H3. The number of nitrogens with one attached hydrogen (secondary N) is 3. The van der Waals surface area contributed by atoms with Gasteiger partial charge in [0, 0.05) is 17.8 Å². The number of carbonyl (C=O) groups is 4. The van der Waals surface area contributed by atoms with E-state index in [4.69, 9.17) is 26.4 Å². The molecule has 0 saturated heterocycles. The third kappa shape index (κ3) is 10.9. The van der Waals surface area contributed by atoms with Crippen molar-refractivity contribution in [1.82, 2.24) is 15.0 Å². The minimum Gasteiger partial charge on any atom is -0.506 e. The third-order valence-electron chi connectivity index (χ3n) is 5.39. The first-order chi connectivity index (χ1) is 20.2. The number of carbonyl (C=O) groups excluding carboxylic acids is 1. The summed E-state index contributed by atoms with van der Waals surface area (Å²) in [4.78, 5) is 56.0. The molecule has 1 aromatic heterocycles. The van der Waals surface area contributed by atoms with Gasteiger partial charge in [-0.05, 0) is 50.1 Å². The average molecular weight is 601 g/mol. The van der Waals surface area contributed by atoms with Gasteiger partial charge in [0.05, 0.1) is 24.2 Å². The fourth-order valence-electron chi connectivity index (χ4n) is 3.51. The molecule has 0 bridgehead atoms. The van der Waals surface area contributed by atoms with E-state index in [0.29, 0.717) is 11.4 Å². The fourth-order valence-corrected chi connectivity index (χ4v) is 3.51. The van der Waals surface area contributed by atoms with Gasteiger partial charge in [0.15, 0.2) is 5.75 Å². The maximum absolute atomic E-state index is 11.4. The number of nitrogens with two attached hydrogens (primary N) is 2. The first-order valence-electron chi connectivity index (χ1n) is 12.5. The third-order valence-corrected chi connectivity index (χ3v) is 5.39. The van der Waals surface area contributed by atoms with E-state index in [2.05, 4.69) is 30.9 Å². The second kappa shape index (κ2) is 15.2. The number of aryl methyl sites for hydroxylation is 2. The Kier molecular flexibility index (Phi) is 11.8. The Morgan fingerprint density at radius 3 is 2.07 bits per heavy atom. The SMILES string of the molecule is CC(CC(=O)O)Nc1nc(Nc2ccc(N)c(OC=O)c2)nc(NC(CC(=O)O)C(=O)O)n1.Cc1cc(C)c(O)c(N)c1. The van der Waals surface area contributed by atoms with Gasteiger partial charge in [-0.1, -0.05) is 6.07 Å². The molecule has 0 aliphatic carbocycles. The minimum atomic E-state index is -1.55. The first-order valence-corrected chi connectivity index (χ1v) is 12.5. The van der Waals surface area contributed by atoms with Crippen LogP contribution in [0, 0.1) is 13.8 Å². The summed E-state index contributed by atoms with van der Waals surface area (Å²) in [6, 6.07) is 5.84. The molecule has 17 heteroatoms. The van der Waals surface area contributed by atoms with Crippen LogP contribution in [0.4, 0.5) is 34.9 Å². The van der Waals surface area contributed by atoms with Crippen LogP contribution in [0.25, 0.3) is 0 Å². The predicted octanol–water partition coefficient (Wildman–Crippen LogP) is 1.94. The highest BCUT2D eigenvalue weighted by atomic mass is 16.5. The van der Waals surface area contributed by atoms with E-state index < -0.39 is 36.4 Å². The molecular weight excluding hydrogens is 568 g/mol. The van der Waals surface area contributed by atoms with Crippen molar-refractivity contribution in [2.45, 2.75) is 45.7 Å². The maximum atomic E-state index is 11.4. The molecular formula is C26H32N8O9. The van der Waals surface area contributed by atoms with E-state index in [9.17, 15) is 29.4 Å². The zero-order valence-corrected chi connectivity index (χ0v) is 23.4. The lowest BCUT2D eigenvalue weighted by molar-refractivity contribution is -0.144. The second-order valence-electron chi connectivity index (χ2n) is 9.19. The number of aliphatic carboxylic acids is 3. The predicted molar refractivity (Wildman–Crippen MR) is 155 cm³/mol. The number of carboxylic acids is 3. The van der Waals surface area contributed by atoms with Crippen molar-refractivity contribution in [1.29, 1.82) is 0 Å². The van der Waals surface area contributed by atoms with Crippen LogP contribution in [-0.2, 0) is 19.2 Å². The summed E-state index contributed by atoms with van der Waals surface area (Å²) in [5, 5.41) is 44.3. The van der Waals surface area contributed by atoms with Gasteiger partial charge in [0.1, 0.15) is 11.8 Å². The molecule has 11 N–H and O–H groups in total. The van der Waals surface area contributed by atoms with Crippen molar-refractivity contribution in [2.24, 2.45) is 0 Å². The molecule has 2 atom stereocenters. The smallest absolute Gasteiger partial charge is 0.326 e. The molecule has 0 saturated carbocycles. The topological polar surface area (TPSA) is 285 Å². The Morgan fingerprint density at radius 1 is 0.907 bits per heavy atom. The number of nitrogen functional groups attached to an aromatic ring is 2. The Hall–Kier alpha value is -5.87. The van der Waals surface area contributed by atoms with Gasteiger partial charge < -0.3 is 52.6 Å². The number of phenolic OH excluding ortho intramolecular Hbond substituents is 1. The van der Waals surface area contributed by atoms with Crippen LogP contribution < -0.4 is 32.2 Å². The summed E-state index contributed by atoms with van der Waals surface area (Å²) < 4.78 is 4.77. The maximum Gasteiger partial charge on any atom is 0.326 e. The molecule has 1 heterocycles. The normalized spacial score (nSPS) is 11.6. The monoisotopic (exact) mass is 600 g/mol. The highest BCUT2D eigenvalue weighted by Crippen LogP contribution is 2.27. The Labute approximate surface area is 244 Å². The zero-order valence-electron chi connectivity index (χ0n) is 23.4. The van der Waals surface area contributed by atoms with E-state index in [1.807, 2.05) is 19.9 Å². The summed E-state index contributed by atoms with van der Waals surface area (Å²) in [6.45, 7) is 5.54. The molecule has 43 heavy (non-hydrogen) atoms. The molecule has 3 rings (SSSR count). The summed E-state index contributed by atoms with van der Waals surface area (Å²) in [5.74, 6) is -4.13. The molecule has 230 valence electrons. The van der Waals surface area contributed by atoms with Gasteiger partial charge in [-0.15, -0.1) is 0 Å². The van der Waals surface area contributed by atoms with Gasteiger partial charge in [-0.2, -0.15) is 15.0 Å². The van der Waals surface area contributed by atoms with Gasteiger partial charge in [0.2, 0.25) is 17.8 Å². The summed E-state index contributed by atoms with van der Waals surface area (Å²) in [5.41, 5.74) is 14.1. The number of aromatic nitrogens is 3. The van der Waals surface area contributed by atoms with Gasteiger partial charge in [0.25, 0.3) is 6.47 Å². The number of hydrogen-bond acceptors (Lipinski definition) is 14. The lowest BCUT2D eigenvalue weighted by Gasteiger charge is -2.16. The van der Waals surface area contributed by atoms with Crippen LogP contribution in [0.15, 0.2) is 30.3 Å². The van der Waals surface area contributed by atoms with E-state index in [1.165, 1.54) is 18.2 Å². The molecule has 2 unspecified atom stereocenters. The van der Waals surface area contributed by atoms with Gasteiger partial charge in [-0.3, -0.25) is 14.4 Å². The highest BCUT2D eigenvalue weighted by Gasteiger charge is 2.23. The van der Waals surface area contributed by atoms with Crippen molar-refractivity contribution in [3.05, 3.63) is 41.5 Å². The van der Waals surface area contributed by atoms with Crippen LogP contribution in [0.3, 0.4) is 0 Å². The zero-order chi connectivity index (χ0) is 32.3. The number of ether oxygens (including phenoxy) is 1. The first kappa shape index (κ1) is 33.3. The molecule has 0 fully saturated rings. The van der Waals surface area contributed by atoms with Crippen LogP contribution in [0.5, 0.6) is 11.5 Å². The van der Waals surface area contributed by atoms with E-state index in [0.717, 1.165) is 11.1 Å². The van der Waals surface area contributed by atoms with Crippen LogP contribution in [0.2, 0.25) is 0 Å².